The Morgan fingerprint density at radius 1 is 1.24 bits per heavy atom. The minimum Gasteiger partial charge on any atom is -0.385 e. The zero-order valence-electron chi connectivity index (χ0n) is 10.8. The van der Waals surface area contributed by atoms with Gasteiger partial charge in [0.15, 0.2) is 0 Å². The number of hydrogen-bond donors (Lipinski definition) is 1. The Bertz CT molecular complexity index is 403. The Hall–Kier alpha value is -0.530. The van der Waals surface area contributed by atoms with Gasteiger partial charge in [0, 0.05) is 5.02 Å². The fraction of sp³-hybridized carbons (Fsp3) is 0.600. The van der Waals surface area contributed by atoms with Gasteiger partial charge in [0.2, 0.25) is 0 Å². The number of benzene rings is 1. The molecule has 0 radical (unpaired) electrons. The summed E-state index contributed by atoms with van der Waals surface area (Å²) < 4.78 is 0. The third-order valence-electron chi connectivity index (χ3n) is 3.89. The highest BCUT2D eigenvalue weighted by Gasteiger charge is 2.37. The quantitative estimate of drug-likeness (QED) is 0.791. The minimum absolute atomic E-state index is 0.573. The van der Waals surface area contributed by atoms with E-state index >= 15 is 0 Å². The van der Waals surface area contributed by atoms with E-state index in [0.717, 1.165) is 29.0 Å². The summed E-state index contributed by atoms with van der Waals surface area (Å²) in [6.07, 6.45) is 2.90. The van der Waals surface area contributed by atoms with Crippen molar-refractivity contribution in [1.82, 2.24) is 0 Å². The smallest absolute Gasteiger partial charge is 0.0902 e. The predicted molar refractivity (Wildman–Crippen MR) is 72.3 cm³/mol. The molecule has 1 fully saturated rings. The third kappa shape index (κ3) is 2.66. The second-order valence-corrected chi connectivity index (χ2v) is 6.26. The summed E-state index contributed by atoms with van der Waals surface area (Å²) in [7, 11) is 0. The Kier molecular flexibility index (Phi) is 3.51. The normalized spacial score (nSPS) is 33.7. The first kappa shape index (κ1) is 12.9. The molecule has 0 bridgehead atoms. The molecule has 1 saturated carbocycles. The molecule has 1 aromatic rings. The van der Waals surface area contributed by atoms with Gasteiger partial charge in [0.05, 0.1) is 5.60 Å². The minimum atomic E-state index is -0.686. The lowest BCUT2D eigenvalue weighted by Crippen LogP contribution is -2.35. The van der Waals surface area contributed by atoms with Gasteiger partial charge in [-0.25, -0.2) is 0 Å². The summed E-state index contributed by atoms with van der Waals surface area (Å²) in [6, 6.07) is 5.95. The molecule has 94 valence electrons. The van der Waals surface area contributed by atoms with Crippen molar-refractivity contribution in [2.24, 2.45) is 11.8 Å². The lowest BCUT2D eigenvalue weighted by molar-refractivity contribution is -0.0362. The fourth-order valence-electron chi connectivity index (χ4n) is 3.21. The van der Waals surface area contributed by atoms with Crippen molar-refractivity contribution in [2.75, 3.05) is 0 Å². The molecule has 2 rings (SSSR count). The van der Waals surface area contributed by atoms with Crippen LogP contribution < -0.4 is 0 Å². The van der Waals surface area contributed by atoms with Crippen molar-refractivity contribution in [3.63, 3.8) is 0 Å². The molecule has 17 heavy (non-hydrogen) atoms. The van der Waals surface area contributed by atoms with E-state index in [9.17, 15) is 5.11 Å². The molecule has 0 amide bonds. The second-order valence-electron chi connectivity index (χ2n) is 5.85. The van der Waals surface area contributed by atoms with Crippen molar-refractivity contribution in [1.29, 1.82) is 0 Å². The summed E-state index contributed by atoms with van der Waals surface area (Å²) in [5.41, 5.74) is 1.36. The number of hydrogen-bond acceptors (Lipinski definition) is 1. The van der Waals surface area contributed by atoms with E-state index in [1.165, 1.54) is 6.42 Å². The van der Waals surface area contributed by atoms with Crippen LogP contribution in [0.1, 0.15) is 44.2 Å². The predicted octanol–water partition coefficient (Wildman–Crippen LogP) is 4.29. The summed E-state index contributed by atoms with van der Waals surface area (Å²) in [6.45, 7) is 6.43. The van der Waals surface area contributed by atoms with Crippen LogP contribution >= 0.6 is 11.6 Å². The van der Waals surface area contributed by atoms with Gasteiger partial charge in [-0.3, -0.25) is 0 Å². The zero-order chi connectivity index (χ0) is 12.6. The number of aliphatic hydroxyl groups is 1. The van der Waals surface area contributed by atoms with Crippen LogP contribution in [0.15, 0.2) is 18.2 Å². The summed E-state index contributed by atoms with van der Waals surface area (Å²) in [5, 5.41) is 11.6. The Labute approximate surface area is 109 Å². The van der Waals surface area contributed by atoms with Gasteiger partial charge in [-0.15, -0.1) is 0 Å². The van der Waals surface area contributed by atoms with Crippen LogP contribution in [0.2, 0.25) is 5.02 Å². The Balaban J connectivity index is 2.33. The molecule has 0 aliphatic heterocycles. The molecule has 0 aromatic heterocycles. The van der Waals surface area contributed by atoms with E-state index in [2.05, 4.69) is 13.8 Å². The molecule has 1 aromatic carbocycles. The van der Waals surface area contributed by atoms with Crippen LogP contribution in [-0.4, -0.2) is 5.11 Å². The Morgan fingerprint density at radius 2 is 1.82 bits per heavy atom. The number of rotatable bonds is 1. The summed E-state index contributed by atoms with van der Waals surface area (Å²) in [4.78, 5) is 0. The maximum atomic E-state index is 10.8. The van der Waals surface area contributed by atoms with Crippen LogP contribution in [0, 0.1) is 18.8 Å². The fourth-order valence-corrected chi connectivity index (χ4v) is 3.39. The third-order valence-corrected chi connectivity index (χ3v) is 4.29. The molecular weight excluding hydrogens is 232 g/mol. The molecule has 2 atom stereocenters. The van der Waals surface area contributed by atoms with Gasteiger partial charge in [0.25, 0.3) is 0 Å². The lowest BCUT2D eigenvalue weighted by Gasteiger charge is -2.39. The molecule has 2 unspecified atom stereocenters. The molecule has 1 nitrogen and oxygen atoms in total. The topological polar surface area (TPSA) is 20.2 Å². The van der Waals surface area contributed by atoms with Gasteiger partial charge < -0.3 is 5.11 Å². The summed E-state index contributed by atoms with van der Waals surface area (Å²) in [5.74, 6) is 1.15. The van der Waals surface area contributed by atoms with Crippen molar-refractivity contribution in [3.05, 3.63) is 34.3 Å². The van der Waals surface area contributed by atoms with Gasteiger partial charge in [-0.05, 0) is 55.2 Å². The lowest BCUT2D eigenvalue weighted by atomic mass is 9.71. The Morgan fingerprint density at radius 3 is 2.35 bits per heavy atom. The van der Waals surface area contributed by atoms with Crippen LogP contribution in [0.25, 0.3) is 0 Å². The molecule has 1 N–H and O–H groups in total. The molecule has 1 aliphatic rings. The standard InChI is InChI=1S/C15H21ClO/c1-10-6-11(2)9-15(17,8-10)13-5-4-12(3)14(16)7-13/h4-5,7,10-11,17H,6,8-9H2,1-3H3. The van der Waals surface area contributed by atoms with Crippen molar-refractivity contribution < 1.29 is 5.11 Å². The van der Waals surface area contributed by atoms with E-state index in [-0.39, 0.29) is 0 Å². The van der Waals surface area contributed by atoms with Gasteiger partial charge in [-0.1, -0.05) is 37.6 Å². The first-order valence-electron chi connectivity index (χ1n) is 6.40. The first-order valence-corrected chi connectivity index (χ1v) is 6.77. The number of halogens is 1. The van der Waals surface area contributed by atoms with E-state index < -0.39 is 5.60 Å². The van der Waals surface area contributed by atoms with Gasteiger partial charge in [0.1, 0.15) is 0 Å². The second kappa shape index (κ2) is 4.62. The van der Waals surface area contributed by atoms with Crippen LogP contribution in [0.4, 0.5) is 0 Å². The highest BCUT2D eigenvalue weighted by atomic mass is 35.5. The summed E-state index contributed by atoms with van der Waals surface area (Å²) >= 11 is 6.16. The molecule has 1 aliphatic carbocycles. The van der Waals surface area contributed by atoms with E-state index in [1.54, 1.807) is 0 Å². The molecule has 0 heterocycles. The zero-order valence-corrected chi connectivity index (χ0v) is 11.6. The highest BCUT2D eigenvalue weighted by molar-refractivity contribution is 6.31. The number of aryl methyl sites for hydroxylation is 1. The van der Waals surface area contributed by atoms with Crippen molar-refractivity contribution in [2.45, 2.75) is 45.6 Å². The molecule has 0 spiro atoms. The maximum Gasteiger partial charge on any atom is 0.0902 e. The van der Waals surface area contributed by atoms with E-state index in [1.807, 2.05) is 25.1 Å². The van der Waals surface area contributed by atoms with Crippen LogP contribution in [0.3, 0.4) is 0 Å². The SMILES string of the molecule is Cc1ccc(C2(O)CC(C)CC(C)C2)cc1Cl. The average molecular weight is 253 g/mol. The first-order chi connectivity index (χ1) is 7.90. The van der Waals surface area contributed by atoms with E-state index in [0.29, 0.717) is 11.8 Å². The average Bonchev–Trinajstić information content (AvgIpc) is 2.19. The highest BCUT2D eigenvalue weighted by Crippen LogP contribution is 2.43. The molecule has 0 saturated heterocycles. The van der Waals surface area contributed by atoms with Crippen LogP contribution in [-0.2, 0) is 5.60 Å². The molecular formula is C15H21ClO. The largest absolute Gasteiger partial charge is 0.385 e. The van der Waals surface area contributed by atoms with Crippen molar-refractivity contribution in [3.8, 4) is 0 Å². The van der Waals surface area contributed by atoms with E-state index in [4.69, 9.17) is 11.6 Å². The maximum absolute atomic E-state index is 10.8. The monoisotopic (exact) mass is 252 g/mol. The molecule has 2 heteroatoms. The van der Waals surface area contributed by atoms with Crippen LogP contribution in [0.5, 0.6) is 0 Å². The van der Waals surface area contributed by atoms with Crippen molar-refractivity contribution >= 4 is 11.6 Å². The van der Waals surface area contributed by atoms with Gasteiger partial charge in [-0.2, -0.15) is 0 Å². The van der Waals surface area contributed by atoms with Gasteiger partial charge >= 0.3 is 0 Å².